The minimum absolute atomic E-state index is 0. The van der Waals surface area contributed by atoms with E-state index in [0.717, 1.165) is 19.3 Å². The third kappa shape index (κ3) is 17.3. The smallest absolute Gasteiger partial charge is 0.306 e. The highest BCUT2D eigenvalue weighted by Gasteiger charge is 2.41. The van der Waals surface area contributed by atoms with Gasteiger partial charge in [-0.15, -0.1) is 0 Å². The van der Waals surface area contributed by atoms with Crippen LogP contribution in [-0.2, 0) is 19.2 Å². The molecule has 1 aliphatic rings. The first-order valence-corrected chi connectivity index (χ1v) is 12.7. The molecule has 9 nitrogen and oxygen atoms in total. The Labute approximate surface area is 199 Å². The summed E-state index contributed by atoms with van der Waals surface area (Å²) in [5.74, 6) is -0.390. The molecular formula is C24H48O9. The Kier molecular flexibility index (Phi) is 22.4. The van der Waals surface area contributed by atoms with E-state index >= 15 is 0 Å². The molecule has 4 atom stereocenters. The molecule has 0 amide bonds. The highest BCUT2D eigenvalue weighted by molar-refractivity contribution is 5.69. The van der Waals surface area contributed by atoms with Crippen molar-refractivity contribution in [3.63, 3.8) is 0 Å². The van der Waals surface area contributed by atoms with Gasteiger partial charge in [-0.1, -0.05) is 84.0 Å². The first-order valence-electron chi connectivity index (χ1n) is 12.7. The van der Waals surface area contributed by atoms with Gasteiger partial charge in [0.05, 0.1) is 19.8 Å². The van der Waals surface area contributed by atoms with Gasteiger partial charge in [-0.05, 0) is 6.42 Å². The molecule has 0 bridgehead atoms. The van der Waals surface area contributed by atoms with Crippen LogP contribution >= 0.6 is 0 Å². The zero-order valence-corrected chi connectivity index (χ0v) is 20.4. The van der Waals surface area contributed by atoms with E-state index in [1.54, 1.807) is 0 Å². The van der Waals surface area contributed by atoms with Crippen LogP contribution < -0.4 is 0 Å². The predicted molar refractivity (Wildman–Crippen MR) is 125 cm³/mol. The maximum atomic E-state index is 11.9. The van der Waals surface area contributed by atoms with Gasteiger partial charge in [-0.3, -0.25) is 10.1 Å². The van der Waals surface area contributed by atoms with Gasteiger partial charge >= 0.3 is 5.97 Å². The number of hydrogen-bond donors (Lipinski definition) is 5. The lowest BCUT2D eigenvalue weighted by molar-refractivity contribution is -0.246. The molecule has 0 aromatic heterocycles. The molecule has 9 heteroatoms. The van der Waals surface area contributed by atoms with Crippen LogP contribution in [0.5, 0.6) is 0 Å². The van der Waals surface area contributed by atoms with Gasteiger partial charge < -0.3 is 29.9 Å². The maximum Gasteiger partial charge on any atom is 0.306 e. The monoisotopic (exact) mass is 480 g/mol. The highest BCUT2D eigenvalue weighted by Crippen LogP contribution is 2.20. The van der Waals surface area contributed by atoms with Gasteiger partial charge in [0, 0.05) is 6.42 Å². The molecule has 0 saturated carbocycles. The van der Waals surface area contributed by atoms with Crippen molar-refractivity contribution in [2.24, 2.45) is 0 Å². The largest absolute Gasteiger partial charge is 0.457 e. The lowest BCUT2D eigenvalue weighted by atomic mass is 10.0. The van der Waals surface area contributed by atoms with E-state index in [-0.39, 0.29) is 25.8 Å². The van der Waals surface area contributed by atoms with E-state index in [1.807, 2.05) is 0 Å². The highest BCUT2D eigenvalue weighted by atomic mass is 17.1. The van der Waals surface area contributed by atoms with Crippen LogP contribution in [0.25, 0.3) is 0 Å². The third-order valence-electron chi connectivity index (χ3n) is 5.69. The van der Waals surface area contributed by atoms with Crippen molar-refractivity contribution in [1.82, 2.24) is 0 Å². The fourth-order valence-electron chi connectivity index (χ4n) is 3.72. The summed E-state index contributed by atoms with van der Waals surface area (Å²) in [5, 5.41) is 43.8. The molecule has 1 fully saturated rings. The normalized spacial score (nSPS) is 20.8. The zero-order chi connectivity index (χ0) is 24.7. The van der Waals surface area contributed by atoms with Crippen LogP contribution in [0.15, 0.2) is 0 Å². The van der Waals surface area contributed by atoms with Crippen LogP contribution in [0.3, 0.4) is 0 Å². The number of aliphatic hydroxyl groups is 4. The molecule has 0 aliphatic carbocycles. The Hall–Kier alpha value is -0.810. The fourth-order valence-corrected chi connectivity index (χ4v) is 3.72. The van der Waals surface area contributed by atoms with Gasteiger partial charge in [0.25, 0.3) is 0 Å². The second kappa shape index (κ2) is 23.0. The first-order chi connectivity index (χ1) is 16.0. The molecule has 1 aliphatic heterocycles. The lowest BCUT2D eigenvalue weighted by Crippen LogP contribution is -2.43. The standard InChI is InChI=1S/C22H42O6.C2H6O3/c1-2-3-4-5-6-7-8-9-10-11-12-13-14-15-20(25)28-19(16-23)22-21(26)18(24)17-27-22;3-1-2-5-4/h18-19,21-24,26H,2-17H2,1H3;3-4H,1-2H2/t18-,19+,21+,22+;/m0./s1. The van der Waals surface area contributed by atoms with E-state index in [2.05, 4.69) is 11.8 Å². The van der Waals surface area contributed by atoms with E-state index in [1.165, 1.54) is 64.2 Å². The average Bonchev–Trinajstić information content (AvgIpc) is 3.14. The molecule has 0 radical (unpaired) electrons. The van der Waals surface area contributed by atoms with Crippen molar-refractivity contribution >= 4 is 5.97 Å². The van der Waals surface area contributed by atoms with E-state index in [4.69, 9.17) is 19.8 Å². The summed E-state index contributed by atoms with van der Waals surface area (Å²) < 4.78 is 10.4. The molecule has 1 saturated heterocycles. The van der Waals surface area contributed by atoms with Crippen molar-refractivity contribution in [3.8, 4) is 0 Å². The van der Waals surface area contributed by atoms with Gasteiger partial charge in [-0.25, -0.2) is 4.89 Å². The molecule has 0 unspecified atom stereocenters. The van der Waals surface area contributed by atoms with Gasteiger partial charge in [-0.2, -0.15) is 0 Å². The number of aliphatic hydroxyl groups excluding tert-OH is 4. The van der Waals surface area contributed by atoms with Crippen molar-refractivity contribution in [1.29, 1.82) is 0 Å². The Balaban J connectivity index is 0.00000184. The molecule has 198 valence electrons. The zero-order valence-electron chi connectivity index (χ0n) is 20.4. The maximum absolute atomic E-state index is 11.9. The van der Waals surface area contributed by atoms with Crippen LogP contribution in [0.4, 0.5) is 0 Å². The Morgan fingerprint density at radius 3 is 1.79 bits per heavy atom. The summed E-state index contributed by atoms with van der Waals surface area (Å²) in [7, 11) is 0. The topological polar surface area (TPSA) is 146 Å². The fraction of sp³-hybridized carbons (Fsp3) is 0.958. The minimum atomic E-state index is -1.14. The van der Waals surface area contributed by atoms with Crippen molar-refractivity contribution < 1.29 is 44.8 Å². The van der Waals surface area contributed by atoms with E-state index in [0.29, 0.717) is 6.42 Å². The van der Waals surface area contributed by atoms with Crippen LogP contribution in [0, 0.1) is 0 Å². The van der Waals surface area contributed by atoms with Crippen molar-refractivity contribution in [2.45, 2.75) is 121 Å². The van der Waals surface area contributed by atoms with Gasteiger partial charge in [0.1, 0.15) is 24.9 Å². The number of ether oxygens (including phenoxy) is 2. The number of carbonyl (C=O) groups excluding carboxylic acids is 1. The summed E-state index contributed by atoms with van der Waals surface area (Å²) in [6.45, 7) is 1.67. The summed E-state index contributed by atoms with van der Waals surface area (Å²) in [6.07, 6.45) is 12.6. The Morgan fingerprint density at radius 1 is 0.909 bits per heavy atom. The summed E-state index contributed by atoms with van der Waals surface area (Å²) in [6, 6.07) is 0. The van der Waals surface area contributed by atoms with Crippen LogP contribution in [0.1, 0.15) is 96.8 Å². The molecule has 5 N–H and O–H groups in total. The average molecular weight is 481 g/mol. The van der Waals surface area contributed by atoms with Crippen molar-refractivity contribution in [2.75, 3.05) is 26.4 Å². The molecule has 33 heavy (non-hydrogen) atoms. The SMILES string of the molecule is CCCCCCCCCCCCCCCC(=O)O[C@H](CO)[C@H]1OC[C@H](O)[C@H]1O.OCCOO. The van der Waals surface area contributed by atoms with Gasteiger partial charge in [0.2, 0.25) is 0 Å². The van der Waals surface area contributed by atoms with Crippen LogP contribution in [-0.4, -0.2) is 82.5 Å². The second-order valence-corrected chi connectivity index (χ2v) is 8.62. The van der Waals surface area contributed by atoms with Crippen molar-refractivity contribution in [3.05, 3.63) is 0 Å². The molecule has 0 spiro atoms. The quantitative estimate of drug-likeness (QED) is 0.0815. The first kappa shape index (κ1) is 32.2. The molecule has 0 aromatic rings. The Bertz CT molecular complexity index is 434. The molecule has 1 rings (SSSR count). The molecule has 1 heterocycles. The van der Waals surface area contributed by atoms with E-state index in [9.17, 15) is 20.1 Å². The molecular weight excluding hydrogens is 432 g/mol. The Morgan fingerprint density at radius 2 is 1.42 bits per heavy atom. The number of carbonyl (C=O) groups is 1. The predicted octanol–water partition coefficient (Wildman–Crippen LogP) is 2.96. The summed E-state index contributed by atoms with van der Waals surface area (Å²) in [4.78, 5) is 15.4. The lowest BCUT2D eigenvalue weighted by Gasteiger charge is -2.24. The van der Waals surface area contributed by atoms with Gasteiger partial charge in [0.15, 0.2) is 6.10 Å². The minimum Gasteiger partial charge on any atom is -0.457 e. The number of esters is 1. The number of unbranched alkanes of at least 4 members (excludes halogenated alkanes) is 12. The number of hydrogen-bond acceptors (Lipinski definition) is 9. The number of rotatable bonds is 19. The summed E-state index contributed by atoms with van der Waals surface area (Å²) in [5.41, 5.74) is 0. The van der Waals surface area contributed by atoms with Crippen LogP contribution in [0.2, 0.25) is 0 Å². The third-order valence-corrected chi connectivity index (χ3v) is 5.69. The van der Waals surface area contributed by atoms with E-state index < -0.39 is 31.0 Å². The second-order valence-electron chi connectivity index (χ2n) is 8.62. The summed E-state index contributed by atoms with van der Waals surface area (Å²) >= 11 is 0. The molecule has 0 aromatic carbocycles.